The summed E-state index contributed by atoms with van der Waals surface area (Å²) in [5.41, 5.74) is -0.181. The van der Waals surface area contributed by atoms with Gasteiger partial charge in [-0.3, -0.25) is 0 Å². The summed E-state index contributed by atoms with van der Waals surface area (Å²) in [5.74, 6) is 1.06. The van der Waals surface area contributed by atoms with E-state index in [1.165, 1.54) is 6.07 Å². The SMILES string of the molecule is Cc1ccn(-c2ccc(NCCNC(=O)Nc3ccc(Cl)c(C(F)(F)F)c3)nn2)n1. The Labute approximate surface area is 174 Å². The average Bonchev–Trinajstić information content (AvgIpc) is 3.13. The fraction of sp³-hybridized carbons (Fsp3) is 0.222. The quantitative estimate of drug-likeness (QED) is 0.506. The van der Waals surface area contributed by atoms with E-state index in [-0.39, 0.29) is 12.2 Å². The molecule has 12 heteroatoms. The van der Waals surface area contributed by atoms with Gasteiger partial charge in [0.15, 0.2) is 5.82 Å². The van der Waals surface area contributed by atoms with Crippen LogP contribution in [-0.2, 0) is 6.18 Å². The lowest BCUT2D eigenvalue weighted by Gasteiger charge is -2.12. The molecule has 0 saturated heterocycles. The maximum absolute atomic E-state index is 12.9. The number of alkyl halides is 3. The Hall–Kier alpha value is -3.34. The van der Waals surface area contributed by atoms with E-state index in [4.69, 9.17) is 11.6 Å². The van der Waals surface area contributed by atoms with Gasteiger partial charge in [0.05, 0.1) is 16.3 Å². The van der Waals surface area contributed by atoms with Crippen LogP contribution in [0.25, 0.3) is 5.82 Å². The van der Waals surface area contributed by atoms with E-state index in [0.29, 0.717) is 18.2 Å². The third-order valence-electron chi connectivity index (χ3n) is 3.85. The summed E-state index contributed by atoms with van der Waals surface area (Å²) in [7, 11) is 0. The van der Waals surface area contributed by atoms with Crippen molar-refractivity contribution in [2.45, 2.75) is 13.1 Å². The topological polar surface area (TPSA) is 96.8 Å². The summed E-state index contributed by atoms with van der Waals surface area (Å²) in [6.45, 7) is 2.40. The molecule has 0 radical (unpaired) electrons. The molecule has 2 heterocycles. The number of amides is 2. The van der Waals surface area contributed by atoms with Gasteiger partial charge >= 0.3 is 12.2 Å². The Morgan fingerprint density at radius 1 is 1.13 bits per heavy atom. The molecule has 158 valence electrons. The second kappa shape index (κ2) is 8.99. The number of hydrogen-bond donors (Lipinski definition) is 3. The van der Waals surface area contributed by atoms with E-state index in [0.717, 1.165) is 17.8 Å². The Balaban J connectivity index is 1.45. The van der Waals surface area contributed by atoms with Crippen LogP contribution in [-0.4, -0.2) is 39.1 Å². The van der Waals surface area contributed by atoms with Crippen molar-refractivity contribution >= 4 is 29.1 Å². The zero-order valence-electron chi connectivity index (χ0n) is 15.7. The first-order valence-corrected chi connectivity index (χ1v) is 9.12. The highest BCUT2D eigenvalue weighted by Gasteiger charge is 2.33. The van der Waals surface area contributed by atoms with Crippen LogP contribution in [0.4, 0.5) is 29.5 Å². The highest BCUT2D eigenvalue weighted by atomic mass is 35.5. The fourth-order valence-corrected chi connectivity index (χ4v) is 2.67. The number of carbonyl (C=O) groups is 1. The number of urea groups is 1. The Kier molecular flexibility index (Phi) is 6.40. The van der Waals surface area contributed by atoms with Crippen molar-refractivity contribution in [3.63, 3.8) is 0 Å². The highest BCUT2D eigenvalue weighted by molar-refractivity contribution is 6.31. The van der Waals surface area contributed by atoms with Gasteiger partial charge in [0.2, 0.25) is 0 Å². The summed E-state index contributed by atoms with van der Waals surface area (Å²) in [6.07, 6.45) is -2.84. The first kappa shape index (κ1) is 21.4. The predicted molar refractivity (Wildman–Crippen MR) is 106 cm³/mol. The summed E-state index contributed by atoms with van der Waals surface area (Å²) in [4.78, 5) is 11.9. The van der Waals surface area contributed by atoms with Gasteiger partial charge in [0.1, 0.15) is 5.82 Å². The fourth-order valence-electron chi connectivity index (χ4n) is 2.45. The monoisotopic (exact) mass is 439 g/mol. The Morgan fingerprint density at radius 2 is 1.93 bits per heavy atom. The molecule has 1 aromatic carbocycles. The molecule has 0 unspecified atom stereocenters. The minimum Gasteiger partial charge on any atom is -0.367 e. The second-order valence-electron chi connectivity index (χ2n) is 6.18. The van der Waals surface area contributed by atoms with Gasteiger partial charge in [0.25, 0.3) is 0 Å². The van der Waals surface area contributed by atoms with Crippen molar-refractivity contribution in [1.82, 2.24) is 25.3 Å². The van der Waals surface area contributed by atoms with Crippen LogP contribution in [0.2, 0.25) is 5.02 Å². The molecule has 3 aromatic rings. The molecule has 3 N–H and O–H groups in total. The number of nitrogens with zero attached hydrogens (tertiary/aromatic N) is 4. The molecular weight excluding hydrogens is 423 g/mol. The molecule has 0 fully saturated rings. The third kappa shape index (κ3) is 5.60. The number of hydrogen-bond acceptors (Lipinski definition) is 5. The number of anilines is 2. The van der Waals surface area contributed by atoms with Gasteiger partial charge in [-0.25, -0.2) is 9.48 Å². The van der Waals surface area contributed by atoms with Gasteiger partial charge in [-0.2, -0.15) is 18.3 Å². The molecule has 30 heavy (non-hydrogen) atoms. The summed E-state index contributed by atoms with van der Waals surface area (Å²) < 4.78 is 40.2. The Morgan fingerprint density at radius 3 is 2.57 bits per heavy atom. The van der Waals surface area contributed by atoms with E-state index < -0.39 is 22.8 Å². The van der Waals surface area contributed by atoms with Crippen molar-refractivity contribution in [1.29, 1.82) is 0 Å². The van der Waals surface area contributed by atoms with Gasteiger partial charge in [-0.05, 0) is 43.3 Å². The highest BCUT2D eigenvalue weighted by Crippen LogP contribution is 2.36. The van der Waals surface area contributed by atoms with Crippen LogP contribution in [0.5, 0.6) is 0 Å². The predicted octanol–water partition coefficient (Wildman–Crippen LogP) is 3.88. The standard InChI is InChI=1S/C18H17ClF3N7O/c1-11-6-9-29(28-11)16-5-4-15(26-27-16)23-7-8-24-17(30)25-12-2-3-14(19)13(10-12)18(20,21)22/h2-6,9-10H,7-8H2,1H3,(H,23,26)(H2,24,25,30). The molecule has 0 atom stereocenters. The van der Waals surface area contributed by atoms with Crippen LogP contribution in [0, 0.1) is 6.92 Å². The zero-order valence-corrected chi connectivity index (χ0v) is 16.4. The van der Waals surface area contributed by atoms with Gasteiger partial charge < -0.3 is 16.0 Å². The van der Waals surface area contributed by atoms with Gasteiger partial charge in [0, 0.05) is 25.0 Å². The first-order valence-electron chi connectivity index (χ1n) is 8.74. The average molecular weight is 440 g/mol. The maximum atomic E-state index is 12.9. The lowest BCUT2D eigenvalue weighted by Crippen LogP contribution is -2.32. The third-order valence-corrected chi connectivity index (χ3v) is 4.18. The molecule has 2 amide bonds. The van der Waals surface area contributed by atoms with Crippen molar-refractivity contribution in [2.24, 2.45) is 0 Å². The molecule has 8 nitrogen and oxygen atoms in total. The van der Waals surface area contributed by atoms with Gasteiger partial charge in [-0.1, -0.05) is 11.6 Å². The first-order chi connectivity index (χ1) is 14.2. The Bertz CT molecular complexity index is 1020. The van der Waals surface area contributed by atoms with E-state index >= 15 is 0 Å². The number of aromatic nitrogens is 4. The minimum atomic E-state index is -4.61. The van der Waals surface area contributed by atoms with Gasteiger partial charge in [-0.15, -0.1) is 10.2 Å². The zero-order chi connectivity index (χ0) is 21.7. The number of carbonyl (C=O) groups excluding carboxylic acids is 1. The minimum absolute atomic E-state index is 0.0208. The molecular formula is C18H17ClF3N7O. The number of benzene rings is 1. The molecule has 0 aliphatic heterocycles. The largest absolute Gasteiger partial charge is 0.417 e. The van der Waals surface area contributed by atoms with Crippen molar-refractivity contribution < 1.29 is 18.0 Å². The molecule has 0 aliphatic carbocycles. The van der Waals surface area contributed by atoms with Crippen LogP contribution in [0.1, 0.15) is 11.3 Å². The molecule has 0 spiro atoms. The van der Waals surface area contributed by atoms with Crippen molar-refractivity contribution in [3.05, 3.63) is 58.9 Å². The van der Waals surface area contributed by atoms with E-state index in [9.17, 15) is 18.0 Å². The molecule has 0 saturated carbocycles. The molecule has 2 aromatic heterocycles. The second-order valence-corrected chi connectivity index (χ2v) is 6.59. The van der Waals surface area contributed by atoms with E-state index in [2.05, 4.69) is 31.2 Å². The number of rotatable bonds is 6. The number of halogens is 4. The van der Waals surface area contributed by atoms with Crippen LogP contribution < -0.4 is 16.0 Å². The summed E-state index contributed by atoms with van der Waals surface area (Å²) in [5, 5.41) is 19.7. The van der Waals surface area contributed by atoms with Crippen molar-refractivity contribution in [2.75, 3.05) is 23.7 Å². The lowest BCUT2D eigenvalue weighted by molar-refractivity contribution is -0.137. The van der Waals surface area contributed by atoms with Crippen molar-refractivity contribution in [3.8, 4) is 5.82 Å². The molecule has 0 bridgehead atoms. The van der Waals surface area contributed by atoms with E-state index in [1.54, 1.807) is 23.0 Å². The number of aryl methyl sites for hydroxylation is 1. The summed E-state index contributed by atoms with van der Waals surface area (Å²) >= 11 is 5.55. The van der Waals surface area contributed by atoms with Crippen LogP contribution in [0.3, 0.4) is 0 Å². The smallest absolute Gasteiger partial charge is 0.367 e. The van der Waals surface area contributed by atoms with E-state index in [1.807, 2.05) is 13.0 Å². The van der Waals surface area contributed by atoms with Crippen LogP contribution >= 0.6 is 11.6 Å². The lowest BCUT2D eigenvalue weighted by atomic mass is 10.2. The van der Waals surface area contributed by atoms with Crippen LogP contribution in [0.15, 0.2) is 42.6 Å². The number of nitrogens with one attached hydrogen (secondary N) is 3. The maximum Gasteiger partial charge on any atom is 0.417 e. The molecule has 3 rings (SSSR count). The normalized spacial score (nSPS) is 11.2. The molecule has 0 aliphatic rings. The summed E-state index contributed by atoms with van der Waals surface area (Å²) in [6, 6.07) is 7.79.